The van der Waals surface area contributed by atoms with E-state index in [-0.39, 0.29) is 22.9 Å². The molecule has 0 atom stereocenters. The van der Waals surface area contributed by atoms with Gasteiger partial charge in [-0.1, -0.05) is 25.7 Å². The monoisotopic (exact) mass is 294 g/mol. The van der Waals surface area contributed by atoms with Crippen molar-refractivity contribution in [3.05, 3.63) is 39.2 Å². The van der Waals surface area contributed by atoms with E-state index in [0.29, 0.717) is 0 Å². The molecule has 0 aromatic heterocycles. The van der Waals surface area contributed by atoms with Gasteiger partial charge in [-0.15, -0.1) is 0 Å². The van der Waals surface area contributed by atoms with Gasteiger partial charge in [0.05, 0.1) is 10.5 Å². The number of hydrogen-bond acceptors (Lipinski definition) is 3. The van der Waals surface area contributed by atoms with E-state index < -0.39 is 16.6 Å². The van der Waals surface area contributed by atoms with Crippen molar-refractivity contribution in [1.29, 1.82) is 0 Å². The van der Waals surface area contributed by atoms with Crippen LogP contribution in [0.15, 0.2) is 12.1 Å². The summed E-state index contributed by atoms with van der Waals surface area (Å²) in [5, 5.41) is 13.8. The van der Waals surface area contributed by atoms with E-state index in [2.05, 4.69) is 5.32 Å². The number of carbonyl (C=O) groups is 1. The SMILES string of the molecule is Cc1c(F)cc(C(=O)NC2CCCCCC2)cc1[N+](=O)[O-]. The van der Waals surface area contributed by atoms with Gasteiger partial charge in [-0.05, 0) is 25.8 Å². The van der Waals surface area contributed by atoms with Crippen molar-refractivity contribution in [3.8, 4) is 0 Å². The lowest BCUT2D eigenvalue weighted by atomic mass is 10.1. The van der Waals surface area contributed by atoms with E-state index >= 15 is 0 Å². The van der Waals surface area contributed by atoms with Crippen LogP contribution in [0.5, 0.6) is 0 Å². The van der Waals surface area contributed by atoms with Crippen molar-refractivity contribution in [2.75, 3.05) is 0 Å². The third kappa shape index (κ3) is 3.77. The second-order valence-electron chi connectivity index (χ2n) is 5.52. The standard InChI is InChI=1S/C15H19FN2O3/c1-10-13(16)8-11(9-14(10)18(20)21)15(19)17-12-6-4-2-3-5-7-12/h8-9,12H,2-7H2,1H3,(H,17,19). The van der Waals surface area contributed by atoms with Crippen LogP contribution in [0.25, 0.3) is 0 Å². The normalized spacial score (nSPS) is 16.3. The van der Waals surface area contributed by atoms with Crippen LogP contribution in [0.4, 0.5) is 10.1 Å². The molecule has 6 heteroatoms. The maximum absolute atomic E-state index is 13.7. The Labute approximate surface area is 122 Å². The van der Waals surface area contributed by atoms with Gasteiger partial charge >= 0.3 is 0 Å². The molecule has 1 aromatic rings. The molecule has 1 fully saturated rings. The third-order valence-electron chi connectivity index (χ3n) is 3.97. The number of nitrogens with one attached hydrogen (secondary N) is 1. The Hall–Kier alpha value is -1.98. The Kier molecular flexibility index (Phi) is 4.88. The number of benzene rings is 1. The molecule has 2 rings (SSSR count). The average molecular weight is 294 g/mol. The van der Waals surface area contributed by atoms with Gasteiger partial charge in [0.1, 0.15) is 5.82 Å². The maximum Gasteiger partial charge on any atom is 0.276 e. The number of carbonyl (C=O) groups excluding carboxylic acids is 1. The molecule has 0 unspecified atom stereocenters. The summed E-state index contributed by atoms with van der Waals surface area (Å²) in [5.41, 5.74) is -0.402. The van der Waals surface area contributed by atoms with E-state index in [9.17, 15) is 19.3 Å². The summed E-state index contributed by atoms with van der Waals surface area (Å²) in [6.45, 7) is 1.33. The zero-order valence-corrected chi connectivity index (χ0v) is 12.0. The molecule has 0 aliphatic heterocycles. The quantitative estimate of drug-likeness (QED) is 0.527. The van der Waals surface area contributed by atoms with E-state index in [4.69, 9.17) is 0 Å². The third-order valence-corrected chi connectivity index (χ3v) is 3.97. The molecule has 0 bridgehead atoms. The second-order valence-corrected chi connectivity index (χ2v) is 5.52. The molecular weight excluding hydrogens is 275 g/mol. The first-order valence-corrected chi connectivity index (χ1v) is 7.24. The van der Waals surface area contributed by atoms with Gasteiger partial charge in [0.15, 0.2) is 0 Å². The first-order valence-electron chi connectivity index (χ1n) is 7.24. The molecule has 21 heavy (non-hydrogen) atoms. The van der Waals surface area contributed by atoms with Crippen LogP contribution in [-0.4, -0.2) is 16.9 Å². The van der Waals surface area contributed by atoms with Gasteiger partial charge in [0.2, 0.25) is 0 Å². The minimum absolute atomic E-state index is 0.00838. The number of hydrogen-bond donors (Lipinski definition) is 1. The summed E-state index contributed by atoms with van der Waals surface area (Å²) in [5.74, 6) is -1.17. The highest BCUT2D eigenvalue weighted by Gasteiger charge is 2.21. The Bertz CT molecular complexity index is 552. The molecule has 1 aromatic carbocycles. The minimum atomic E-state index is -0.727. The van der Waals surface area contributed by atoms with E-state index in [1.54, 1.807) is 0 Å². The first-order chi connectivity index (χ1) is 9.99. The predicted molar refractivity (Wildman–Crippen MR) is 76.7 cm³/mol. The van der Waals surface area contributed by atoms with Gasteiger partial charge in [-0.2, -0.15) is 0 Å². The zero-order valence-electron chi connectivity index (χ0n) is 12.0. The number of amides is 1. The highest BCUT2D eigenvalue weighted by Crippen LogP contribution is 2.23. The number of nitro groups is 1. The van der Waals surface area contributed by atoms with Crippen LogP contribution < -0.4 is 5.32 Å². The van der Waals surface area contributed by atoms with Crippen LogP contribution in [0.3, 0.4) is 0 Å². The van der Waals surface area contributed by atoms with Gasteiger partial charge in [-0.3, -0.25) is 14.9 Å². The summed E-state index contributed by atoms with van der Waals surface area (Å²) in [4.78, 5) is 22.4. The lowest BCUT2D eigenvalue weighted by molar-refractivity contribution is -0.385. The van der Waals surface area contributed by atoms with Crippen molar-refractivity contribution in [1.82, 2.24) is 5.32 Å². The fourth-order valence-electron chi connectivity index (χ4n) is 2.68. The van der Waals surface area contributed by atoms with Crippen molar-refractivity contribution in [3.63, 3.8) is 0 Å². The predicted octanol–water partition coefficient (Wildman–Crippen LogP) is 3.49. The Morgan fingerprint density at radius 3 is 2.48 bits per heavy atom. The summed E-state index contributed by atoms with van der Waals surface area (Å²) in [6, 6.07) is 2.28. The van der Waals surface area contributed by atoms with Gasteiger partial charge in [0, 0.05) is 17.7 Å². The fourth-order valence-corrected chi connectivity index (χ4v) is 2.68. The molecule has 0 heterocycles. The molecule has 0 saturated heterocycles. The highest BCUT2D eigenvalue weighted by atomic mass is 19.1. The van der Waals surface area contributed by atoms with Crippen LogP contribution in [0.1, 0.15) is 54.4 Å². The first kappa shape index (κ1) is 15.4. The Morgan fingerprint density at radius 2 is 1.90 bits per heavy atom. The maximum atomic E-state index is 13.7. The van der Waals surface area contributed by atoms with Gasteiger partial charge in [-0.25, -0.2) is 4.39 Å². The van der Waals surface area contributed by atoms with Crippen molar-refractivity contribution in [2.45, 2.75) is 51.5 Å². The second kappa shape index (κ2) is 6.65. The molecule has 114 valence electrons. The topological polar surface area (TPSA) is 72.2 Å². The van der Waals surface area contributed by atoms with Gasteiger partial charge in [0.25, 0.3) is 11.6 Å². The molecule has 0 radical (unpaired) electrons. The van der Waals surface area contributed by atoms with E-state index in [0.717, 1.165) is 50.7 Å². The number of rotatable bonds is 3. The smallest absolute Gasteiger partial charge is 0.276 e. The molecule has 1 N–H and O–H groups in total. The average Bonchev–Trinajstić information content (AvgIpc) is 2.69. The van der Waals surface area contributed by atoms with Gasteiger partial charge < -0.3 is 5.32 Å². The number of nitro benzene ring substituents is 1. The number of nitrogens with zero attached hydrogens (tertiary/aromatic N) is 1. The lowest BCUT2D eigenvalue weighted by Gasteiger charge is -2.16. The molecule has 0 spiro atoms. The Morgan fingerprint density at radius 1 is 1.29 bits per heavy atom. The lowest BCUT2D eigenvalue weighted by Crippen LogP contribution is -2.34. The molecule has 1 amide bonds. The fraction of sp³-hybridized carbons (Fsp3) is 0.533. The Balaban J connectivity index is 2.17. The molecule has 5 nitrogen and oxygen atoms in total. The highest BCUT2D eigenvalue weighted by molar-refractivity contribution is 5.95. The van der Waals surface area contributed by atoms with Crippen molar-refractivity contribution >= 4 is 11.6 Å². The van der Waals surface area contributed by atoms with E-state index in [1.807, 2.05) is 0 Å². The van der Waals surface area contributed by atoms with Crippen LogP contribution >= 0.6 is 0 Å². The summed E-state index contributed by atoms with van der Waals surface area (Å²) in [7, 11) is 0. The summed E-state index contributed by atoms with van der Waals surface area (Å²) >= 11 is 0. The van der Waals surface area contributed by atoms with Crippen molar-refractivity contribution in [2.24, 2.45) is 0 Å². The molecular formula is C15H19FN2O3. The molecule has 1 saturated carbocycles. The van der Waals surface area contributed by atoms with E-state index in [1.165, 1.54) is 6.92 Å². The molecule has 1 aliphatic carbocycles. The summed E-state index contributed by atoms with van der Waals surface area (Å²) < 4.78 is 13.7. The largest absolute Gasteiger partial charge is 0.349 e. The minimum Gasteiger partial charge on any atom is -0.349 e. The van der Waals surface area contributed by atoms with Crippen molar-refractivity contribution < 1.29 is 14.1 Å². The number of halogens is 1. The molecule has 1 aliphatic rings. The van der Waals surface area contributed by atoms with Crippen LogP contribution in [-0.2, 0) is 0 Å². The zero-order chi connectivity index (χ0) is 15.4. The van der Waals surface area contributed by atoms with Crippen LogP contribution in [0.2, 0.25) is 0 Å². The van der Waals surface area contributed by atoms with Crippen LogP contribution in [0, 0.1) is 22.9 Å². The summed E-state index contributed by atoms with van der Waals surface area (Å²) in [6.07, 6.45) is 6.26.